The lowest BCUT2D eigenvalue weighted by Gasteiger charge is -2.40. The average molecular weight is 627 g/mol. The number of aliphatic hydroxyl groups is 1. The first-order valence-corrected chi connectivity index (χ1v) is 15.2. The van der Waals surface area contributed by atoms with E-state index >= 15 is 0 Å². The predicted octanol–water partition coefficient (Wildman–Crippen LogP) is 4.44. The Labute approximate surface area is 250 Å². The van der Waals surface area contributed by atoms with E-state index in [2.05, 4.69) is 47.3 Å². The van der Waals surface area contributed by atoms with Crippen LogP contribution in [-0.2, 0) is 19.1 Å². The Kier molecular flexibility index (Phi) is 7.85. The van der Waals surface area contributed by atoms with Crippen molar-refractivity contribution in [2.45, 2.75) is 81.6 Å². The molecule has 1 spiro atoms. The first kappa shape index (κ1) is 29.7. The van der Waals surface area contributed by atoms with Crippen molar-refractivity contribution in [3.63, 3.8) is 0 Å². The number of rotatable bonds is 8. The quantitative estimate of drug-likeness (QED) is 0.376. The summed E-state index contributed by atoms with van der Waals surface area (Å²) in [4.78, 5) is 43.9. The Morgan fingerprint density at radius 3 is 2.24 bits per heavy atom. The summed E-state index contributed by atoms with van der Waals surface area (Å²) in [6, 6.07) is 16.5. The molecule has 41 heavy (non-hydrogen) atoms. The molecule has 3 unspecified atom stereocenters. The zero-order chi connectivity index (χ0) is 29.7. The van der Waals surface area contributed by atoms with Crippen molar-refractivity contribution < 1.29 is 24.2 Å². The highest BCUT2D eigenvalue weighted by Crippen LogP contribution is 2.61. The van der Waals surface area contributed by atoms with E-state index in [1.807, 2.05) is 62.4 Å². The highest BCUT2D eigenvalue weighted by atomic mass is 79.9. The number of ether oxygens (including phenoxy) is 1. The van der Waals surface area contributed by atoms with Gasteiger partial charge in [-0.15, -0.1) is 0 Å². The van der Waals surface area contributed by atoms with Gasteiger partial charge in [0.05, 0.1) is 30.6 Å². The average Bonchev–Trinajstić information content (AvgIpc) is 3.47. The van der Waals surface area contributed by atoms with Crippen molar-refractivity contribution in [2.24, 2.45) is 17.3 Å². The second-order valence-corrected chi connectivity index (χ2v) is 14.7. The van der Waals surface area contributed by atoms with Crippen LogP contribution in [0.25, 0.3) is 0 Å². The van der Waals surface area contributed by atoms with Crippen molar-refractivity contribution in [1.29, 1.82) is 0 Å². The SMILES string of the molecule is CC(C)(C)CC(C)(C)NC(=O)C1N([C@H](CO)c2ccccc2)C(=O)[C@@H]2[C@@H](C(=O)Nc3ccccc3)[C@@H]3OC12CC3Br. The molecule has 7 atom stereocenters. The van der Waals surface area contributed by atoms with E-state index in [0.717, 1.165) is 0 Å². The number of hydrogen-bond acceptors (Lipinski definition) is 5. The lowest BCUT2D eigenvalue weighted by atomic mass is 9.70. The molecule has 5 rings (SSSR count). The zero-order valence-corrected chi connectivity index (χ0v) is 25.9. The smallest absolute Gasteiger partial charge is 0.246 e. The van der Waals surface area contributed by atoms with Crippen LogP contribution < -0.4 is 10.6 Å². The minimum atomic E-state index is -1.22. The van der Waals surface area contributed by atoms with Gasteiger partial charge in [0.1, 0.15) is 11.6 Å². The van der Waals surface area contributed by atoms with Crippen LogP contribution in [0.5, 0.6) is 0 Å². The van der Waals surface area contributed by atoms with E-state index < -0.39 is 41.2 Å². The summed E-state index contributed by atoms with van der Waals surface area (Å²) >= 11 is 3.72. The number of carbonyl (C=O) groups excluding carboxylic acids is 3. The standard InChI is InChI=1S/C32H40BrN3O5/c1-30(2,3)18-31(4,5)35-28(39)26-32-16-21(33)25(41-32)23(27(38)34-20-14-10-7-11-15-20)24(32)29(40)36(26)22(17-37)19-12-8-6-9-13-19/h6-15,21-26,37H,16-18H2,1-5H3,(H,34,38)(H,35,39)/t21?,22-,23-,24+,25-,26?,32?/m1/s1. The van der Waals surface area contributed by atoms with Gasteiger partial charge in [-0.1, -0.05) is 85.2 Å². The van der Waals surface area contributed by atoms with Gasteiger partial charge in [0.2, 0.25) is 17.7 Å². The van der Waals surface area contributed by atoms with E-state index in [-0.39, 0.29) is 34.6 Å². The first-order chi connectivity index (χ1) is 19.3. The molecule has 0 radical (unpaired) electrons. The second-order valence-electron chi connectivity index (χ2n) is 13.5. The lowest BCUT2D eigenvalue weighted by Crippen LogP contribution is -2.60. The van der Waals surface area contributed by atoms with Gasteiger partial charge in [-0.3, -0.25) is 14.4 Å². The number of likely N-dealkylation sites (tertiary alicyclic amines) is 1. The van der Waals surface area contributed by atoms with E-state index in [4.69, 9.17) is 4.74 Å². The van der Waals surface area contributed by atoms with Crippen LogP contribution in [0.15, 0.2) is 60.7 Å². The molecule has 2 aromatic carbocycles. The molecule has 3 aliphatic heterocycles. The molecular formula is C32H40BrN3O5. The number of alkyl halides is 1. The summed E-state index contributed by atoms with van der Waals surface area (Å²) in [7, 11) is 0. The first-order valence-electron chi connectivity index (χ1n) is 14.3. The van der Waals surface area contributed by atoms with Crippen LogP contribution in [0, 0.1) is 17.3 Å². The largest absolute Gasteiger partial charge is 0.394 e. The fraction of sp³-hybridized carbons (Fsp3) is 0.531. The number of para-hydroxylation sites is 1. The van der Waals surface area contributed by atoms with E-state index in [9.17, 15) is 19.5 Å². The number of halogens is 1. The summed E-state index contributed by atoms with van der Waals surface area (Å²) in [5, 5.41) is 16.8. The van der Waals surface area contributed by atoms with Gasteiger partial charge in [0, 0.05) is 16.1 Å². The summed E-state index contributed by atoms with van der Waals surface area (Å²) in [5.74, 6) is -2.69. The van der Waals surface area contributed by atoms with Crippen molar-refractivity contribution >= 4 is 39.3 Å². The fourth-order valence-corrected chi connectivity index (χ4v) is 8.49. The maximum Gasteiger partial charge on any atom is 0.246 e. The van der Waals surface area contributed by atoms with Crippen LogP contribution in [-0.4, -0.2) is 62.4 Å². The normalized spacial score (nSPS) is 29.8. The third-order valence-electron chi connectivity index (χ3n) is 8.45. The fourth-order valence-electron chi connectivity index (χ4n) is 7.55. The summed E-state index contributed by atoms with van der Waals surface area (Å²) in [6.07, 6.45) is 0.527. The Morgan fingerprint density at radius 2 is 1.66 bits per heavy atom. The van der Waals surface area contributed by atoms with Gasteiger partial charge < -0.3 is 25.4 Å². The number of aliphatic hydroxyl groups excluding tert-OH is 1. The van der Waals surface area contributed by atoms with Gasteiger partial charge in [0.15, 0.2) is 0 Å². The lowest BCUT2D eigenvalue weighted by molar-refractivity contribution is -0.146. The Hall–Kier alpha value is -2.75. The van der Waals surface area contributed by atoms with Crippen molar-refractivity contribution in [3.8, 4) is 0 Å². The summed E-state index contributed by atoms with van der Waals surface area (Å²) in [5.41, 5.74) is -0.516. The Morgan fingerprint density at radius 1 is 1.05 bits per heavy atom. The van der Waals surface area contributed by atoms with Crippen molar-refractivity contribution in [2.75, 3.05) is 11.9 Å². The molecule has 3 heterocycles. The predicted molar refractivity (Wildman–Crippen MR) is 160 cm³/mol. The van der Waals surface area contributed by atoms with Crippen LogP contribution in [0.2, 0.25) is 0 Å². The van der Waals surface area contributed by atoms with Gasteiger partial charge in [0.25, 0.3) is 0 Å². The molecule has 0 aliphatic carbocycles. The van der Waals surface area contributed by atoms with Gasteiger partial charge in [-0.05, 0) is 49.8 Å². The van der Waals surface area contributed by atoms with E-state index in [0.29, 0.717) is 24.1 Å². The van der Waals surface area contributed by atoms with Crippen LogP contribution >= 0.6 is 15.9 Å². The minimum Gasteiger partial charge on any atom is -0.394 e. The second kappa shape index (κ2) is 10.8. The number of amides is 3. The zero-order valence-electron chi connectivity index (χ0n) is 24.3. The van der Waals surface area contributed by atoms with Crippen LogP contribution in [0.4, 0.5) is 5.69 Å². The molecule has 8 nitrogen and oxygen atoms in total. The molecule has 2 aromatic rings. The Balaban J connectivity index is 1.57. The molecule has 3 fully saturated rings. The maximum absolute atomic E-state index is 14.5. The monoisotopic (exact) mass is 625 g/mol. The highest BCUT2D eigenvalue weighted by molar-refractivity contribution is 9.09. The topological polar surface area (TPSA) is 108 Å². The number of nitrogens with zero attached hydrogens (tertiary/aromatic N) is 1. The number of benzene rings is 2. The van der Waals surface area contributed by atoms with Gasteiger partial charge in [-0.2, -0.15) is 0 Å². The third-order valence-corrected chi connectivity index (χ3v) is 9.29. The minimum absolute atomic E-state index is 0.0512. The Bertz CT molecular complexity index is 1300. The number of nitrogens with one attached hydrogen (secondary N) is 2. The molecule has 3 N–H and O–H groups in total. The number of hydrogen-bond donors (Lipinski definition) is 3. The molecule has 220 valence electrons. The number of anilines is 1. The molecule has 2 bridgehead atoms. The molecular weight excluding hydrogens is 586 g/mol. The summed E-state index contributed by atoms with van der Waals surface area (Å²) < 4.78 is 6.64. The van der Waals surface area contributed by atoms with Gasteiger partial charge in [-0.25, -0.2) is 0 Å². The molecule has 0 saturated carbocycles. The van der Waals surface area contributed by atoms with Crippen LogP contribution in [0.3, 0.4) is 0 Å². The number of carbonyl (C=O) groups is 3. The number of fused-ring (bicyclic) bond motifs is 1. The maximum atomic E-state index is 14.5. The summed E-state index contributed by atoms with van der Waals surface area (Å²) in [6.45, 7) is 9.92. The van der Waals surface area contributed by atoms with Gasteiger partial charge >= 0.3 is 0 Å². The highest BCUT2D eigenvalue weighted by Gasteiger charge is 2.77. The van der Waals surface area contributed by atoms with Crippen molar-refractivity contribution in [1.82, 2.24) is 10.2 Å². The van der Waals surface area contributed by atoms with Crippen LogP contribution in [0.1, 0.15) is 59.1 Å². The van der Waals surface area contributed by atoms with E-state index in [1.54, 1.807) is 12.1 Å². The molecule has 9 heteroatoms. The van der Waals surface area contributed by atoms with Crippen molar-refractivity contribution in [3.05, 3.63) is 66.2 Å². The molecule has 3 aliphatic rings. The molecule has 3 saturated heterocycles. The third kappa shape index (κ3) is 5.44. The van der Waals surface area contributed by atoms with E-state index in [1.165, 1.54) is 4.90 Å². The molecule has 3 amide bonds. The molecule has 0 aromatic heterocycles.